The SMILES string of the molecule is OC1C=Cc2ccccc2[CH+]1. The molecule has 1 N–H and O–H groups in total. The predicted octanol–water partition coefficient (Wildman–Crippen LogP) is 1.63. The highest BCUT2D eigenvalue weighted by Crippen LogP contribution is 2.19. The molecule has 0 aromatic heterocycles. The maximum absolute atomic E-state index is 9.21. The van der Waals surface area contributed by atoms with E-state index in [1.165, 1.54) is 5.56 Å². The average molecular weight is 145 g/mol. The summed E-state index contributed by atoms with van der Waals surface area (Å²) in [5.41, 5.74) is 2.29. The third-order valence-electron chi connectivity index (χ3n) is 1.82. The summed E-state index contributed by atoms with van der Waals surface area (Å²) in [4.78, 5) is 0. The molecular formula is C10H9O+. The Kier molecular flexibility index (Phi) is 1.44. The molecule has 0 spiro atoms. The van der Waals surface area contributed by atoms with Crippen molar-refractivity contribution in [2.75, 3.05) is 0 Å². The third kappa shape index (κ3) is 1.15. The van der Waals surface area contributed by atoms with E-state index in [1.807, 2.05) is 36.8 Å². The van der Waals surface area contributed by atoms with Crippen LogP contribution < -0.4 is 0 Å². The molecule has 1 heteroatoms. The molecule has 1 atom stereocenters. The zero-order valence-corrected chi connectivity index (χ0v) is 6.07. The van der Waals surface area contributed by atoms with Crippen LogP contribution in [0.5, 0.6) is 0 Å². The second-order valence-corrected chi connectivity index (χ2v) is 2.65. The molecule has 0 heterocycles. The normalized spacial score (nSPS) is 20.6. The number of hydrogen-bond donors (Lipinski definition) is 1. The Hall–Kier alpha value is -1.21. The zero-order valence-electron chi connectivity index (χ0n) is 6.07. The van der Waals surface area contributed by atoms with E-state index in [0.29, 0.717) is 0 Å². The van der Waals surface area contributed by atoms with E-state index in [-0.39, 0.29) is 0 Å². The molecule has 1 aromatic rings. The topological polar surface area (TPSA) is 20.2 Å². The lowest BCUT2D eigenvalue weighted by Gasteiger charge is -2.05. The van der Waals surface area contributed by atoms with Crippen molar-refractivity contribution >= 4 is 6.08 Å². The Bertz CT molecular complexity index is 289. The summed E-state index contributed by atoms with van der Waals surface area (Å²) in [6.07, 6.45) is 5.15. The summed E-state index contributed by atoms with van der Waals surface area (Å²) < 4.78 is 0. The number of rotatable bonds is 0. The molecule has 0 fully saturated rings. The molecule has 0 aliphatic heterocycles. The fraction of sp³-hybridized carbons (Fsp3) is 0.100. The Morgan fingerprint density at radius 3 is 3.00 bits per heavy atom. The minimum Gasteiger partial charge on any atom is -0.373 e. The van der Waals surface area contributed by atoms with Crippen LogP contribution >= 0.6 is 0 Å². The second-order valence-electron chi connectivity index (χ2n) is 2.65. The van der Waals surface area contributed by atoms with Gasteiger partial charge in [-0.1, -0.05) is 0 Å². The van der Waals surface area contributed by atoms with Gasteiger partial charge in [-0.05, 0) is 18.2 Å². The number of aliphatic hydroxyl groups is 1. The summed E-state index contributed by atoms with van der Waals surface area (Å²) >= 11 is 0. The zero-order chi connectivity index (χ0) is 7.68. The van der Waals surface area contributed by atoms with Gasteiger partial charge >= 0.3 is 0 Å². The summed E-state index contributed by atoms with van der Waals surface area (Å²) in [7, 11) is 0. The van der Waals surface area contributed by atoms with Gasteiger partial charge in [-0.15, -0.1) is 0 Å². The number of fused-ring (bicyclic) bond motifs is 1. The summed E-state index contributed by atoms with van der Waals surface area (Å²) in [6.45, 7) is 0. The molecule has 2 rings (SSSR count). The standard InChI is InChI=1S/C10H9O/c11-10-6-5-8-3-1-2-4-9(8)7-10/h1-7,10-11H/q+1. The lowest BCUT2D eigenvalue weighted by molar-refractivity contribution is 0.258. The quantitative estimate of drug-likeness (QED) is 0.550. The number of hydrogen-bond acceptors (Lipinski definition) is 1. The number of aliphatic hydroxyl groups excluding tert-OH is 1. The molecule has 0 saturated heterocycles. The van der Waals surface area contributed by atoms with E-state index >= 15 is 0 Å². The Morgan fingerprint density at radius 2 is 2.09 bits per heavy atom. The van der Waals surface area contributed by atoms with Crippen molar-refractivity contribution in [2.24, 2.45) is 0 Å². The average Bonchev–Trinajstić information content (AvgIpc) is 2.04. The van der Waals surface area contributed by atoms with Gasteiger partial charge in [0.25, 0.3) is 0 Å². The third-order valence-corrected chi connectivity index (χ3v) is 1.82. The van der Waals surface area contributed by atoms with Crippen LogP contribution in [0, 0.1) is 6.42 Å². The first-order valence-corrected chi connectivity index (χ1v) is 3.66. The summed E-state index contributed by atoms with van der Waals surface area (Å²) in [5, 5.41) is 9.21. The molecule has 0 bridgehead atoms. The van der Waals surface area contributed by atoms with Crippen LogP contribution in [0.15, 0.2) is 30.3 Å². The molecule has 1 aliphatic carbocycles. The molecule has 0 radical (unpaired) electrons. The van der Waals surface area contributed by atoms with Crippen LogP contribution in [-0.4, -0.2) is 11.2 Å². The van der Waals surface area contributed by atoms with Crippen molar-refractivity contribution < 1.29 is 5.11 Å². The van der Waals surface area contributed by atoms with E-state index in [2.05, 4.69) is 0 Å². The predicted molar refractivity (Wildman–Crippen MR) is 44.9 cm³/mol. The van der Waals surface area contributed by atoms with Gasteiger partial charge in [0, 0.05) is 18.2 Å². The van der Waals surface area contributed by atoms with Crippen LogP contribution in [-0.2, 0) is 0 Å². The van der Waals surface area contributed by atoms with Crippen LogP contribution in [0.3, 0.4) is 0 Å². The van der Waals surface area contributed by atoms with Gasteiger partial charge in [-0.2, -0.15) is 0 Å². The monoisotopic (exact) mass is 145 g/mol. The van der Waals surface area contributed by atoms with Gasteiger partial charge < -0.3 is 5.11 Å². The molecule has 0 saturated carbocycles. The van der Waals surface area contributed by atoms with E-state index in [4.69, 9.17) is 0 Å². The van der Waals surface area contributed by atoms with Crippen LogP contribution in [0.4, 0.5) is 0 Å². The summed E-state index contributed by atoms with van der Waals surface area (Å²) in [5.74, 6) is 0. The maximum Gasteiger partial charge on any atom is 0.140 e. The minimum atomic E-state index is -0.412. The molecule has 1 aliphatic rings. The molecule has 1 unspecified atom stereocenters. The van der Waals surface area contributed by atoms with Crippen molar-refractivity contribution in [2.45, 2.75) is 6.10 Å². The Balaban J connectivity index is 2.46. The van der Waals surface area contributed by atoms with Gasteiger partial charge in [-0.25, -0.2) is 0 Å². The first kappa shape index (κ1) is 6.50. The Labute approximate surface area is 66.0 Å². The van der Waals surface area contributed by atoms with E-state index in [0.717, 1.165) is 5.56 Å². The van der Waals surface area contributed by atoms with Gasteiger partial charge in [0.15, 0.2) is 0 Å². The molecular weight excluding hydrogens is 136 g/mol. The van der Waals surface area contributed by atoms with Crippen molar-refractivity contribution in [1.29, 1.82) is 0 Å². The highest BCUT2D eigenvalue weighted by Gasteiger charge is 2.17. The largest absolute Gasteiger partial charge is 0.373 e. The molecule has 1 aromatic carbocycles. The number of benzene rings is 1. The van der Waals surface area contributed by atoms with Crippen molar-refractivity contribution in [3.8, 4) is 0 Å². The first-order chi connectivity index (χ1) is 5.36. The fourth-order valence-corrected chi connectivity index (χ4v) is 1.26. The summed E-state index contributed by atoms with van der Waals surface area (Å²) in [6, 6.07) is 8.01. The van der Waals surface area contributed by atoms with Crippen molar-refractivity contribution in [3.05, 3.63) is 47.9 Å². The van der Waals surface area contributed by atoms with Crippen LogP contribution in [0.1, 0.15) is 11.1 Å². The Morgan fingerprint density at radius 1 is 1.27 bits per heavy atom. The van der Waals surface area contributed by atoms with Gasteiger partial charge in [0.05, 0.1) is 12.0 Å². The second kappa shape index (κ2) is 2.44. The molecule has 54 valence electrons. The maximum atomic E-state index is 9.21. The van der Waals surface area contributed by atoms with Crippen molar-refractivity contribution in [3.63, 3.8) is 0 Å². The highest BCUT2D eigenvalue weighted by molar-refractivity contribution is 5.60. The molecule has 11 heavy (non-hydrogen) atoms. The van der Waals surface area contributed by atoms with E-state index < -0.39 is 6.10 Å². The van der Waals surface area contributed by atoms with E-state index in [9.17, 15) is 5.11 Å². The van der Waals surface area contributed by atoms with E-state index in [1.54, 1.807) is 6.08 Å². The fourth-order valence-electron chi connectivity index (χ4n) is 1.26. The lowest BCUT2D eigenvalue weighted by Crippen LogP contribution is -2.08. The van der Waals surface area contributed by atoms with Crippen LogP contribution in [0.2, 0.25) is 0 Å². The first-order valence-electron chi connectivity index (χ1n) is 3.66. The molecule has 1 nitrogen and oxygen atoms in total. The minimum absolute atomic E-state index is 0.412. The van der Waals surface area contributed by atoms with Gasteiger partial charge in [0.1, 0.15) is 11.7 Å². The smallest absolute Gasteiger partial charge is 0.140 e. The molecule has 0 amide bonds. The highest BCUT2D eigenvalue weighted by atomic mass is 16.3. The van der Waals surface area contributed by atoms with Crippen LogP contribution in [0.25, 0.3) is 6.08 Å². The van der Waals surface area contributed by atoms with Crippen molar-refractivity contribution in [1.82, 2.24) is 0 Å². The lowest BCUT2D eigenvalue weighted by atomic mass is 9.96. The van der Waals surface area contributed by atoms with Gasteiger partial charge in [-0.3, -0.25) is 0 Å². The van der Waals surface area contributed by atoms with Gasteiger partial charge in [0.2, 0.25) is 0 Å².